The molecule has 0 aromatic rings. The van der Waals surface area contributed by atoms with Crippen LogP contribution in [0.1, 0.15) is 13.3 Å². The van der Waals surface area contributed by atoms with Crippen molar-refractivity contribution in [2.75, 3.05) is 19.1 Å². The van der Waals surface area contributed by atoms with Crippen LogP contribution in [0.2, 0.25) is 0 Å². The van der Waals surface area contributed by atoms with E-state index in [9.17, 15) is 19.8 Å². The molecule has 0 spiro atoms. The predicted molar refractivity (Wildman–Crippen MR) is 82.4 cm³/mol. The molecule has 0 saturated carbocycles. The summed E-state index contributed by atoms with van der Waals surface area (Å²) in [5.74, 6) is -2.00. The summed E-state index contributed by atoms with van der Waals surface area (Å²) in [6, 6.07) is -0.961. The first-order valence-corrected chi connectivity index (χ1v) is 7.88. The van der Waals surface area contributed by atoms with Crippen LogP contribution in [0.4, 0.5) is 0 Å². The molecule has 9 nitrogen and oxygen atoms in total. The minimum atomic E-state index is -1.64. The van der Waals surface area contributed by atoms with E-state index in [1.54, 1.807) is 0 Å². The number of carbonyl (C=O) groups excluding carboxylic acids is 1. The highest BCUT2D eigenvalue weighted by molar-refractivity contribution is 6.17. The number of carbonyl (C=O) groups is 2. The van der Waals surface area contributed by atoms with Crippen LogP contribution in [0, 0.1) is 0 Å². The number of carboxylic acid groups (broad SMARTS) is 1. The summed E-state index contributed by atoms with van der Waals surface area (Å²) in [4.78, 5) is 22.7. The highest BCUT2D eigenvalue weighted by Crippen LogP contribution is 2.25. The molecule has 5 N–H and O–H groups in total. The van der Waals surface area contributed by atoms with Crippen molar-refractivity contribution in [3.05, 3.63) is 11.8 Å². The van der Waals surface area contributed by atoms with E-state index in [1.807, 2.05) is 0 Å². The average molecular weight is 368 g/mol. The minimum Gasteiger partial charge on any atom is -0.478 e. The number of halogens is 1. The maximum Gasteiger partial charge on any atom is 0.370 e. The molecule has 0 aliphatic carbocycles. The van der Waals surface area contributed by atoms with Gasteiger partial charge in [0.25, 0.3) is 0 Å². The van der Waals surface area contributed by atoms with Gasteiger partial charge in [0, 0.05) is 19.4 Å². The van der Waals surface area contributed by atoms with Gasteiger partial charge in [-0.3, -0.25) is 4.79 Å². The van der Waals surface area contributed by atoms with Crippen LogP contribution in [0.25, 0.3) is 0 Å². The van der Waals surface area contributed by atoms with E-state index in [-0.39, 0.29) is 6.61 Å². The van der Waals surface area contributed by atoms with Gasteiger partial charge in [0.2, 0.25) is 11.7 Å². The normalized spacial score (nSPS) is 26.0. The van der Waals surface area contributed by atoms with E-state index < -0.39 is 54.7 Å². The molecule has 1 heterocycles. The zero-order valence-corrected chi connectivity index (χ0v) is 13.8. The molecule has 1 unspecified atom stereocenters. The number of aliphatic hydroxyl groups excluding tert-OH is 3. The smallest absolute Gasteiger partial charge is 0.370 e. The molecule has 1 rings (SSSR count). The summed E-state index contributed by atoms with van der Waals surface area (Å²) in [7, 11) is 0. The Labute approximate surface area is 143 Å². The Kier molecular flexibility index (Phi) is 8.43. The van der Waals surface area contributed by atoms with E-state index in [1.165, 1.54) is 13.0 Å². The summed E-state index contributed by atoms with van der Waals surface area (Å²) in [6.07, 6.45) is -3.80. The molecular weight excluding hydrogens is 346 g/mol. The standard InChI is InChI=1S/C14H22ClNO8/c1-7(18)16-11-9(23-4-2-3-15)5-10(14(21)22)24-13(11)12(20)8(19)6-17/h5,8-9,11-13,17,19-20H,2-4,6H2,1H3,(H,16,18)(H,21,22)/t8?,9-,11+,12+,13+/m0/s1. The van der Waals surface area contributed by atoms with Gasteiger partial charge in [0.1, 0.15) is 18.3 Å². The first-order valence-electron chi connectivity index (χ1n) is 7.35. The maximum atomic E-state index is 11.4. The van der Waals surface area contributed by atoms with Crippen LogP contribution in [-0.4, -0.2) is 81.9 Å². The average Bonchev–Trinajstić information content (AvgIpc) is 2.54. The number of aliphatic hydroxyl groups is 3. The van der Waals surface area contributed by atoms with Crippen molar-refractivity contribution in [1.82, 2.24) is 5.32 Å². The second kappa shape index (κ2) is 9.80. The van der Waals surface area contributed by atoms with Crippen LogP contribution < -0.4 is 5.32 Å². The molecule has 10 heteroatoms. The van der Waals surface area contributed by atoms with Crippen molar-refractivity contribution in [2.45, 2.75) is 43.8 Å². The number of alkyl halides is 1. The van der Waals surface area contributed by atoms with Gasteiger partial charge in [0.05, 0.1) is 12.6 Å². The molecule has 0 saturated heterocycles. The monoisotopic (exact) mass is 367 g/mol. The Hall–Kier alpha value is -1.39. The topological polar surface area (TPSA) is 146 Å². The van der Waals surface area contributed by atoms with Gasteiger partial charge < -0.3 is 35.2 Å². The van der Waals surface area contributed by atoms with Crippen molar-refractivity contribution in [1.29, 1.82) is 0 Å². The summed E-state index contributed by atoms with van der Waals surface area (Å²) in [5, 5.41) is 40.4. The van der Waals surface area contributed by atoms with Crippen LogP contribution in [-0.2, 0) is 19.1 Å². The SMILES string of the molecule is CC(=O)N[C@H]1[C@H]([C@H](O)C(O)CO)OC(C(=O)O)=C[C@@H]1OCCCCl. The predicted octanol–water partition coefficient (Wildman–Crippen LogP) is -1.41. The van der Waals surface area contributed by atoms with Crippen LogP contribution in [0.3, 0.4) is 0 Å². The lowest BCUT2D eigenvalue weighted by atomic mass is 9.93. The largest absolute Gasteiger partial charge is 0.478 e. The van der Waals surface area contributed by atoms with Gasteiger partial charge in [-0.15, -0.1) is 11.6 Å². The molecule has 0 aromatic heterocycles. The molecule has 5 atom stereocenters. The van der Waals surface area contributed by atoms with Gasteiger partial charge in [0.15, 0.2) is 6.10 Å². The molecule has 1 aliphatic rings. The summed E-state index contributed by atoms with van der Waals surface area (Å²) >= 11 is 5.57. The van der Waals surface area contributed by atoms with E-state index >= 15 is 0 Å². The van der Waals surface area contributed by atoms with E-state index in [2.05, 4.69) is 5.32 Å². The zero-order chi connectivity index (χ0) is 18.3. The quantitative estimate of drug-likeness (QED) is 0.247. The lowest BCUT2D eigenvalue weighted by Crippen LogP contribution is -2.60. The molecule has 0 bridgehead atoms. The van der Waals surface area contributed by atoms with E-state index in [4.69, 9.17) is 31.3 Å². The van der Waals surface area contributed by atoms with Gasteiger partial charge in [-0.05, 0) is 12.5 Å². The van der Waals surface area contributed by atoms with Crippen molar-refractivity contribution in [2.24, 2.45) is 0 Å². The van der Waals surface area contributed by atoms with Crippen LogP contribution in [0.5, 0.6) is 0 Å². The second-order valence-electron chi connectivity index (χ2n) is 5.26. The molecule has 138 valence electrons. The van der Waals surface area contributed by atoms with Crippen molar-refractivity contribution in [3.8, 4) is 0 Å². The highest BCUT2D eigenvalue weighted by Gasteiger charge is 2.44. The number of amides is 1. The second-order valence-corrected chi connectivity index (χ2v) is 5.64. The first-order chi connectivity index (χ1) is 11.3. The van der Waals surface area contributed by atoms with Crippen molar-refractivity contribution >= 4 is 23.5 Å². The number of aliphatic carboxylic acids is 1. The Balaban J connectivity index is 3.10. The third-order valence-corrected chi connectivity index (χ3v) is 3.64. The fraction of sp³-hybridized carbons (Fsp3) is 0.714. The van der Waals surface area contributed by atoms with Crippen LogP contribution in [0.15, 0.2) is 11.8 Å². The maximum absolute atomic E-state index is 11.4. The zero-order valence-electron chi connectivity index (χ0n) is 13.1. The first kappa shape index (κ1) is 20.7. The number of nitrogens with one attached hydrogen (secondary N) is 1. The van der Waals surface area contributed by atoms with Gasteiger partial charge >= 0.3 is 5.97 Å². The molecule has 0 radical (unpaired) electrons. The Bertz CT molecular complexity index is 472. The fourth-order valence-electron chi connectivity index (χ4n) is 2.25. The Morgan fingerprint density at radius 1 is 1.46 bits per heavy atom. The number of rotatable bonds is 9. The Morgan fingerprint density at radius 2 is 2.12 bits per heavy atom. The fourth-order valence-corrected chi connectivity index (χ4v) is 2.36. The summed E-state index contributed by atoms with van der Waals surface area (Å²) in [6.45, 7) is 0.662. The van der Waals surface area contributed by atoms with Gasteiger partial charge in [-0.2, -0.15) is 0 Å². The third-order valence-electron chi connectivity index (χ3n) is 3.37. The van der Waals surface area contributed by atoms with E-state index in [0.717, 1.165) is 0 Å². The molecule has 1 amide bonds. The third kappa shape index (κ3) is 5.60. The molecule has 0 fully saturated rings. The minimum absolute atomic E-state index is 0.193. The molecular formula is C14H22ClNO8. The Morgan fingerprint density at radius 3 is 2.62 bits per heavy atom. The van der Waals surface area contributed by atoms with Crippen molar-refractivity contribution < 1.29 is 39.5 Å². The number of carboxylic acids is 1. The number of ether oxygens (including phenoxy) is 2. The molecule has 0 aromatic carbocycles. The van der Waals surface area contributed by atoms with Crippen LogP contribution >= 0.6 is 11.6 Å². The highest BCUT2D eigenvalue weighted by atomic mass is 35.5. The molecule has 1 aliphatic heterocycles. The lowest BCUT2D eigenvalue weighted by Gasteiger charge is -2.39. The summed E-state index contributed by atoms with van der Waals surface area (Å²) in [5.41, 5.74) is 0. The summed E-state index contributed by atoms with van der Waals surface area (Å²) < 4.78 is 10.7. The molecule has 24 heavy (non-hydrogen) atoms. The number of hydrogen-bond donors (Lipinski definition) is 5. The van der Waals surface area contributed by atoms with Gasteiger partial charge in [-0.1, -0.05) is 0 Å². The van der Waals surface area contributed by atoms with E-state index in [0.29, 0.717) is 12.3 Å². The number of hydrogen-bond acceptors (Lipinski definition) is 7. The van der Waals surface area contributed by atoms with Gasteiger partial charge in [-0.25, -0.2) is 4.79 Å². The van der Waals surface area contributed by atoms with Crippen molar-refractivity contribution in [3.63, 3.8) is 0 Å². The lowest BCUT2D eigenvalue weighted by molar-refractivity contribution is -0.151.